The first-order valence-electron chi connectivity index (χ1n) is 11.0. The molecule has 0 spiro atoms. The van der Waals surface area contributed by atoms with Crippen molar-refractivity contribution >= 4 is 32.9 Å². The SMILES string of the molecule is Cc1c(Oc2nnc(-c3cccs3)c3cc4ccccc4cc23)c(C(F)(F)F)cc(C(F)(F)F)c1C(F)(F)F. The van der Waals surface area contributed by atoms with E-state index in [1.54, 1.807) is 47.8 Å². The molecule has 5 rings (SSSR count). The predicted octanol–water partition coefficient (Wildman–Crippen LogP) is 9.67. The molecule has 5 aromatic rings. The van der Waals surface area contributed by atoms with E-state index in [0.717, 1.165) is 5.39 Å². The highest BCUT2D eigenvalue weighted by Gasteiger charge is 2.49. The normalized spacial score (nSPS) is 12.9. The van der Waals surface area contributed by atoms with Crippen LogP contribution in [0.2, 0.25) is 0 Å². The van der Waals surface area contributed by atoms with E-state index in [0.29, 0.717) is 28.3 Å². The molecule has 39 heavy (non-hydrogen) atoms. The predicted molar refractivity (Wildman–Crippen MR) is 127 cm³/mol. The summed E-state index contributed by atoms with van der Waals surface area (Å²) in [6.45, 7) is 0.494. The lowest BCUT2D eigenvalue weighted by Crippen LogP contribution is -2.21. The number of halogens is 9. The summed E-state index contributed by atoms with van der Waals surface area (Å²) < 4.78 is 129. The third-order valence-corrected chi connectivity index (χ3v) is 6.85. The zero-order valence-electron chi connectivity index (χ0n) is 19.4. The second-order valence-corrected chi connectivity index (χ2v) is 9.42. The molecule has 0 radical (unpaired) electrons. The van der Waals surface area contributed by atoms with Crippen LogP contribution in [0, 0.1) is 6.92 Å². The van der Waals surface area contributed by atoms with Gasteiger partial charge < -0.3 is 4.74 Å². The lowest BCUT2D eigenvalue weighted by Gasteiger charge is -2.24. The molecular formula is C26H13F9N2OS. The fraction of sp³-hybridized carbons (Fsp3) is 0.154. The number of thiophene rings is 1. The zero-order valence-corrected chi connectivity index (χ0v) is 20.2. The van der Waals surface area contributed by atoms with E-state index in [1.165, 1.54) is 17.4 Å². The minimum atomic E-state index is -5.72. The van der Waals surface area contributed by atoms with Gasteiger partial charge in [0.2, 0.25) is 5.88 Å². The van der Waals surface area contributed by atoms with Crippen LogP contribution in [0.4, 0.5) is 39.5 Å². The minimum absolute atomic E-state index is 0.105. The zero-order chi connectivity index (χ0) is 28.3. The molecule has 202 valence electrons. The van der Waals surface area contributed by atoms with Gasteiger partial charge in [0.15, 0.2) is 0 Å². The summed E-state index contributed by atoms with van der Waals surface area (Å²) in [4.78, 5) is 0.649. The van der Waals surface area contributed by atoms with Gasteiger partial charge >= 0.3 is 18.5 Å². The second-order valence-electron chi connectivity index (χ2n) is 8.47. The maximum atomic E-state index is 13.9. The van der Waals surface area contributed by atoms with Crippen molar-refractivity contribution in [3.63, 3.8) is 0 Å². The first-order valence-corrected chi connectivity index (χ1v) is 11.8. The van der Waals surface area contributed by atoms with Crippen LogP contribution < -0.4 is 4.74 Å². The quantitative estimate of drug-likeness (QED) is 0.160. The summed E-state index contributed by atoms with van der Waals surface area (Å²) >= 11 is 1.30. The molecule has 3 nitrogen and oxygen atoms in total. The number of aromatic nitrogens is 2. The third-order valence-electron chi connectivity index (χ3n) is 5.98. The van der Waals surface area contributed by atoms with Crippen LogP contribution in [0.1, 0.15) is 22.3 Å². The van der Waals surface area contributed by atoms with Crippen LogP contribution in [-0.2, 0) is 18.5 Å². The number of rotatable bonds is 3. The summed E-state index contributed by atoms with van der Waals surface area (Å²) in [6, 6.07) is 13.0. The van der Waals surface area contributed by atoms with Crippen molar-refractivity contribution < 1.29 is 44.3 Å². The lowest BCUT2D eigenvalue weighted by molar-refractivity contribution is -0.164. The van der Waals surface area contributed by atoms with Gasteiger partial charge in [0.25, 0.3) is 0 Å². The van der Waals surface area contributed by atoms with Crippen molar-refractivity contribution in [2.45, 2.75) is 25.5 Å². The van der Waals surface area contributed by atoms with Gasteiger partial charge in [-0.15, -0.1) is 21.5 Å². The number of hydrogen-bond acceptors (Lipinski definition) is 4. The summed E-state index contributed by atoms with van der Waals surface area (Å²) in [5.74, 6) is -2.05. The highest BCUT2D eigenvalue weighted by molar-refractivity contribution is 7.13. The molecule has 0 aliphatic heterocycles. The first-order chi connectivity index (χ1) is 18.2. The van der Waals surface area contributed by atoms with E-state index in [9.17, 15) is 39.5 Å². The Bertz CT molecular complexity index is 1710. The fourth-order valence-corrected chi connectivity index (χ4v) is 5.04. The Morgan fingerprint density at radius 2 is 1.31 bits per heavy atom. The summed E-state index contributed by atoms with van der Waals surface area (Å²) in [6.07, 6.45) is -16.8. The average molecular weight is 572 g/mol. The van der Waals surface area contributed by atoms with Gasteiger partial charge in [0.1, 0.15) is 11.4 Å². The Labute approximate surface area is 217 Å². The van der Waals surface area contributed by atoms with Gasteiger partial charge in [-0.2, -0.15) is 39.5 Å². The Balaban J connectivity index is 1.82. The molecule has 0 saturated heterocycles. The van der Waals surface area contributed by atoms with Gasteiger partial charge in [-0.25, -0.2) is 0 Å². The van der Waals surface area contributed by atoms with Crippen molar-refractivity contribution in [2.75, 3.05) is 0 Å². The number of nitrogens with zero attached hydrogens (tertiary/aromatic N) is 2. The number of alkyl halides is 9. The van der Waals surface area contributed by atoms with Crippen molar-refractivity contribution in [1.82, 2.24) is 10.2 Å². The molecule has 0 fully saturated rings. The Hall–Kier alpha value is -3.87. The Kier molecular flexibility index (Phi) is 6.24. The molecule has 0 aliphatic rings. The smallest absolute Gasteiger partial charge is 0.420 e. The summed E-state index contributed by atoms with van der Waals surface area (Å²) in [5, 5.41) is 11.5. The maximum Gasteiger partial charge on any atom is 0.420 e. The highest BCUT2D eigenvalue weighted by Crippen LogP contribution is 2.50. The van der Waals surface area contributed by atoms with Crippen LogP contribution in [0.3, 0.4) is 0 Å². The molecule has 0 amide bonds. The molecule has 0 N–H and O–H groups in total. The first kappa shape index (κ1) is 26.7. The Morgan fingerprint density at radius 3 is 1.85 bits per heavy atom. The topological polar surface area (TPSA) is 35.0 Å². The molecular weight excluding hydrogens is 559 g/mol. The number of fused-ring (bicyclic) bond motifs is 2. The lowest BCUT2D eigenvalue weighted by atomic mass is 9.95. The number of benzene rings is 3. The number of ether oxygens (including phenoxy) is 1. The van der Waals surface area contributed by atoms with E-state index >= 15 is 0 Å². The van der Waals surface area contributed by atoms with Crippen molar-refractivity contribution in [3.8, 4) is 22.2 Å². The summed E-state index contributed by atoms with van der Waals surface area (Å²) in [7, 11) is 0. The fourth-order valence-electron chi connectivity index (χ4n) is 4.31. The molecule has 0 saturated carbocycles. The molecule has 0 unspecified atom stereocenters. The van der Waals surface area contributed by atoms with E-state index in [4.69, 9.17) is 4.74 Å². The van der Waals surface area contributed by atoms with Crippen molar-refractivity contribution in [1.29, 1.82) is 0 Å². The second kappa shape index (κ2) is 9.11. The van der Waals surface area contributed by atoms with Crippen LogP contribution >= 0.6 is 11.3 Å². The van der Waals surface area contributed by atoms with Crippen LogP contribution in [0.15, 0.2) is 60.0 Å². The molecule has 2 aromatic heterocycles. The maximum absolute atomic E-state index is 13.9. The van der Waals surface area contributed by atoms with Crippen LogP contribution in [0.5, 0.6) is 11.6 Å². The largest absolute Gasteiger partial charge is 0.436 e. The molecule has 13 heteroatoms. The van der Waals surface area contributed by atoms with E-state index in [-0.39, 0.29) is 5.39 Å². The van der Waals surface area contributed by atoms with E-state index in [1.807, 2.05) is 0 Å². The van der Waals surface area contributed by atoms with Crippen LogP contribution in [0.25, 0.3) is 32.1 Å². The van der Waals surface area contributed by atoms with Crippen molar-refractivity contribution in [3.05, 3.63) is 82.2 Å². The molecule has 2 heterocycles. The van der Waals surface area contributed by atoms with Gasteiger partial charge in [-0.1, -0.05) is 30.3 Å². The van der Waals surface area contributed by atoms with Gasteiger partial charge in [-0.05, 0) is 47.3 Å². The standard InChI is InChI=1S/C26H13F9N2OS/c1-12-20(26(33,34)35)17(24(27,28)29)11-18(25(30,31)32)22(12)38-23-16-10-14-6-3-2-5-13(14)9-15(16)21(36-37-23)19-7-4-8-39-19/h2-11H,1H3. The van der Waals surface area contributed by atoms with Gasteiger partial charge in [0.05, 0.1) is 21.6 Å². The van der Waals surface area contributed by atoms with Crippen LogP contribution in [-0.4, -0.2) is 10.2 Å². The molecule has 0 atom stereocenters. The molecule has 0 bridgehead atoms. The number of hydrogen-bond donors (Lipinski definition) is 0. The minimum Gasteiger partial charge on any atom is -0.436 e. The molecule has 3 aromatic carbocycles. The molecule has 0 aliphatic carbocycles. The third kappa shape index (κ3) is 4.86. The monoisotopic (exact) mass is 572 g/mol. The van der Waals surface area contributed by atoms with E-state index < -0.39 is 58.5 Å². The summed E-state index contributed by atoms with van der Waals surface area (Å²) in [5.41, 5.74) is -7.83. The average Bonchev–Trinajstić information content (AvgIpc) is 3.36. The van der Waals surface area contributed by atoms with E-state index in [2.05, 4.69) is 10.2 Å². The van der Waals surface area contributed by atoms with Crippen molar-refractivity contribution in [2.24, 2.45) is 0 Å². The Morgan fingerprint density at radius 1 is 0.692 bits per heavy atom. The highest BCUT2D eigenvalue weighted by atomic mass is 32.1. The van der Waals surface area contributed by atoms with Gasteiger partial charge in [-0.3, -0.25) is 0 Å². The van der Waals surface area contributed by atoms with Gasteiger partial charge in [0, 0.05) is 16.3 Å².